The summed E-state index contributed by atoms with van der Waals surface area (Å²) in [5.74, 6) is 0.938. The molecule has 1 unspecified atom stereocenters. The Morgan fingerprint density at radius 2 is 1.41 bits per heavy atom. The van der Waals surface area contributed by atoms with Crippen molar-refractivity contribution in [2.24, 2.45) is 5.92 Å². The number of hydrogen-bond donors (Lipinski definition) is 0. The molecule has 0 N–H and O–H groups in total. The molecule has 0 rings (SSSR count). The summed E-state index contributed by atoms with van der Waals surface area (Å²) in [6, 6.07) is 0. The zero-order valence-corrected chi connectivity index (χ0v) is 12.5. The lowest BCUT2D eigenvalue weighted by atomic mass is 9.94. The van der Waals surface area contributed by atoms with E-state index in [0.29, 0.717) is 0 Å². The van der Waals surface area contributed by atoms with Gasteiger partial charge >= 0.3 is 0 Å². The van der Waals surface area contributed by atoms with Crippen molar-refractivity contribution in [2.75, 3.05) is 0 Å². The van der Waals surface area contributed by atoms with Crippen molar-refractivity contribution in [3.63, 3.8) is 0 Å². The van der Waals surface area contributed by atoms with Crippen LogP contribution in [0.15, 0.2) is 12.2 Å². The highest BCUT2D eigenvalue weighted by Gasteiger charge is 2.03. The maximum absolute atomic E-state index is 2.38. The maximum atomic E-state index is 2.38. The first-order valence-corrected chi connectivity index (χ1v) is 8.00. The van der Waals surface area contributed by atoms with Gasteiger partial charge in [0.2, 0.25) is 0 Å². The fourth-order valence-corrected chi connectivity index (χ4v) is 2.33. The largest absolute Gasteiger partial charge is 0.0888 e. The summed E-state index contributed by atoms with van der Waals surface area (Å²) in [6.07, 6.45) is 20.1. The fraction of sp³-hybridized carbons (Fsp3) is 0.882. The van der Waals surface area contributed by atoms with Crippen molar-refractivity contribution in [3.05, 3.63) is 12.2 Å². The summed E-state index contributed by atoms with van der Waals surface area (Å²) in [6.45, 7) is 6.84. The van der Waals surface area contributed by atoms with Crippen LogP contribution in [0, 0.1) is 5.92 Å². The van der Waals surface area contributed by atoms with Gasteiger partial charge in [-0.25, -0.2) is 0 Å². The molecule has 0 aliphatic rings. The van der Waals surface area contributed by atoms with E-state index in [1.807, 2.05) is 0 Å². The van der Waals surface area contributed by atoms with Crippen LogP contribution in [0.4, 0.5) is 0 Å². The van der Waals surface area contributed by atoms with E-state index in [1.165, 1.54) is 70.6 Å². The van der Waals surface area contributed by atoms with Crippen molar-refractivity contribution < 1.29 is 0 Å². The predicted octanol–water partition coefficient (Wildman–Crippen LogP) is 6.51. The lowest BCUT2D eigenvalue weighted by molar-refractivity contribution is 0.441. The van der Waals surface area contributed by atoms with Crippen LogP contribution in [-0.2, 0) is 0 Å². The first kappa shape index (κ1) is 16.7. The molecule has 0 nitrogen and oxygen atoms in total. The Hall–Kier alpha value is -0.260. The number of allylic oxidation sites excluding steroid dienone is 2. The van der Waals surface area contributed by atoms with E-state index in [4.69, 9.17) is 0 Å². The first-order valence-electron chi connectivity index (χ1n) is 8.00. The van der Waals surface area contributed by atoms with Gasteiger partial charge in [-0.1, -0.05) is 90.7 Å². The third kappa shape index (κ3) is 12.0. The molecular formula is C17H34. The molecule has 17 heavy (non-hydrogen) atoms. The second-order valence-corrected chi connectivity index (χ2v) is 5.30. The molecule has 0 bridgehead atoms. The Labute approximate surface area is 110 Å². The van der Waals surface area contributed by atoms with Gasteiger partial charge in [0.05, 0.1) is 0 Å². The average Bonchev–Trinajstić information content (AvgIpc) is 2.35. The van der Waals surface area contributed by atoms with E-state index in [-0.39, 0.29) is 0 Å². The molecule has 0 aliphatic heterocycles. The van der Waals surface area contributed by atoms with Crippen LogP contribution in [0.3, 0.4) is 0 Å². The fourth-order valence-electron chi connectivity index (χ4n) is 2.33. The molecular weight excluding hydrogens is 204 g/mol. The molecule has 0 spiro atoms. The van der Waals surface area contributed by atoms with Crippen LogP contribution in [0.2, 0.25) is 0 Å². The summed E-state index contributed by atoms with van der Waals surface area (Å²) >= 11 is 0. The van der Waals surface area contributed by atoms with Gasteiger partial charge in [0.25, 0.3) is 0 Å². The number of rotatable bonds is 12. The van der Waals surface area contributed by atoms with E-state index in [0.717, 1.165) is 5.92 Å². The molecule has 0 aromatic carbocycles. The van der Waals surface area contributed by atoms with Gasteiger partial charge in [-0.3, -0.25) is 0 Å². The van der Waals surface area contributed by atoms with Crippen LogP contribution < -0.4 is 0 Å². The lowest BCUT2D eigenvalue weighted by Crippen LogP contribution is -1.97. The van der Waals surface area contributed by atoms with Gasteiger partial charge in [0.1, 0.15) is 0 Å². The number of hydrogen-bond acceptors (Lipinski definition) is 0. The molecule has 0 heterocycles. The summed E-state index contributed by atoms with van der Waals surface area (Å²) in [5.41, 5.74) is 0. The minimum absolute atomic E-state index is 0.938. The van der Waals surface area contributed by atoms with Crippen LogP contribution in [0.25, 0.3) is 0 Å². The predicted molar refractivity (Wildman–Crippen MR) is 80.4 cm³/mol. The first-order chi connectivity index (χ1) is 8.35. The van der Waals surface area contributed by atoms with Gasteiger partial charge in [-0.15, -0.1) is 0 Å². The molecule has 1 atom stereocenters. The zero-order valence-electron chi connectivity index (χ0n) is 12.5. The molecule has 102 valence electrons. The second kappa shape index (κ2) is 13.8. The molecule has 0 aliphatic carbocycles. The van der Waals surface area contributed by atoms with Crippen molar-refractivity contribution >= 4 is 0 Å². The molecule has 0 aromatic heterocycles. The molecule has 0 fully saturated rings. The van der Waals surface area contributed by atoms with Crippen molar-refractivity contribution in [1.82, 2.24) is 0 Å². The summed E-state index contributed by atoms with van der Waals surface area (Å²) in [4.78, 5) is 0. The molecule has 0 saturated heterocycles. The van der Waals surface area contributed by atoms with Gasteiger partial charge in [0.15, 0.2) is 0 Å². The number of unbranched alkanes of at least 4 members (excludes halogenated alkanes) is 6. The summed E-state index contributed by atoms with van der Waals surface area (Å²) in [7, 11) is 0. The minimum atomic E-state index is 0.938. The second-order valence-electron chi connectivity index (χ2n) is 5.30. The van der Waals surface area contributed by atoms with Crippen LogP contribution in [-0.4, -0.2) is 0 Å². The van der Waals surface area contributed by atoms with Gasteiger partial charge < -0.3 is 0 Å². The smallest absolute Gasteiger partial charge is 0.0322 e. The van der Waals surface area contributed by atoms with E-state index in [9.17, 15) is 0 Å². The Morgan fingerprint density at radius 1 is 0.765 bits per heavy atom. The third-order valence-corrected chi connectivity index (χ3v) is 3.67. The highest BCUT2D eigenvalue weighted by Crippen LogP contribution is 2.18. The normalized spacial score (nSPS) is 13.4. The van der Waals surface area contributed by atoms with E-state index in [1.54, 1.807) is 0 Å². The third-order valence-electron chi connectivity index (χ3n) is 3.67. The minimum Gasteiger partial charge on any atom is -0.0888 e. The molecule has 0 heteroatoms. The molecule has 0 radical (unpaired) electrons. The van der Waals surface area contributed by atoms with Crippen molar-refractivity contribution in [3.8, 4) is 0 Å². The molecule has 0 aromatic rings. The van der Waals surface area contributed by atoms with Gasteiger partial charge in [-0.2, -0.15) is 0 Å². The molecule has 0 amide bonds. The van der Waals surface area contributed by atoms with E-state index >= 15 is 0 Å². The van der Waals surface area contributed by atoms with Crippen molar-refractivity contribution in [1.29, 1.82) is 0 Å². The Balaban J connectivity index is 3.34. The standard InChI is InChI=1S/C17H34/c1-4-7-9-10-11-12-14-16-17(6-3)15-13-8-5-2/h8,13,17H,4-7,9-12,14-16H2,1-3H3. The monoisotopic (exact) mass is 238 g/mol. The highest BCUT2D eigenvalue weighted by molar-refractivity contribution is 4.82. The summed E-state index contributed by atoms with van der Waals surface area (Å²) < 4.78 is 0. The van der Waals surface area contributed by atoms with Gasteiger partial charge in [0, 0.05) is 0 Å². The quantitative estimate of drug-likeness (QED) is 0.268. The Bertz CT molecular complexity index is 157. The van der Waals surface area contributed by atoms with Gasteiger partial charge in [-0.05, 0) is 18.8 Å². The maximum Gasteiger partial charge on any atom is -0.0322 e. The average molecular weight is 238 g/mol. The topological polar surface area (TPSA) is 0 Å². The zero-order chi connectivity index (χ0) is 12.8. The van der Waals surface area contributed by atoms with Crippen molar-refractivity contribution in [2.45, 2.75) is 91.4 Å². The molecule has 0 saturated carbocycles. The van der Waals surface area contributed by atoms with E-state index in [2.05, 4.69) is 32.9 Å². The summed E-state index contributed by atoms with van der Waals surface area (Å²) in [5, 5.41) is 0. The van der Waals surface area contributed by atoms with E-state index < -0.39 is 0 Å². The lowest BCUT2D eigenvalue weighted by Gasteiger charge is -2.12. The van der Waals surface area contributed by atoms with Crippen LogP contribution in [0.1, 0.15) is 91.4 Å². The Kier molecular flexibility index (Phi) is 13.6. The van der Waals surface area contributed by atoms with Crippen LogP contribution >= 0.6 is 0 Å². The van der Waals surface area contributed by atoms with Crippen LogP contribution in [0.5, 0.6) is 0 Å². The Morgan fingerprint density at radius 3 is 2.00 bits per heavy atom. The highest BCUT2D eigenvalue weighted by atomic mass is 14.1. The SMILES string of the molecule is CCC=CCC(CC)CCCCCCCCC.